The molecule has 0 aliphatic carbocycles. The summed E-state index contributed by atoms with van der Waals surface area (Å²) in [7, 11) is 0. The van der Waals surface area contributed by atoms with Crippen molar-refractivity contribution in [1.82, 2.24) is 19.5 Å². The van der Waals surface area contributed by atoms with E-state index in [1.807, 2.05) is 36.4 Å². The molecule has 7 heteroatoms. The molecular weight excluding hydrogens is 436 g/mol. The number of benzene rings is 2. The van der Waals surface area contributed by atoms with E-state index in [0.717, 1.165) is 21.8 Å². The van der Waals surface area contributed by atoms with Crippen molar-refractivity contribution in [3.05, 3.63) is 106 Å². The number of rotatable bonds is 6. The van der Waals surface area contributed by atoms with E-state index in [9.17, 15) is 4.79 Å². The highest BCUT2D eigenvalue weighted by molar-refractivity contribution is 7.98. The normalized spacial score (nSPS) is 11.2. The molecule has 0 bridgehead atoms. The first kappa shape index (κ1) is 20.6. The second kappa shape index (κ2) is 9.06. The Hall–Kier alpha value is -3.29. The van der Waals surface area contributed by atoms with E-state index in [-0.39, 0.29) is 5.56 Å². The average Bonchev–Trinajstić information content (AvgIpc) is 3.30. The Morgan fingerprint density at radius 2 is 1.84 bits per heavy atom. The van der Waals surface area contributed by atoms with Crippen LogP contribution in [0, 0.1) is 6.92 Å². The maximum absolute atomic E-state index is 13.3. The van der Waals surface area contributed by atoms with E-state index in [1.165, 1.54) is 17.3 Å². The van der Waals surface area contributed by atoms with Gasteiger partial charge in [-0.2, -0.15) is 0 Å². The van der Waals surface area contributed by atoms with Gasteiger partial charge in [-0.3, -0.25) is 14.3 Å². The van der Waals surface area contributed by atoms with Gasteiger partial charge >= 0.3 is 0 Å². The van der Waals surface area contributed by atoms with E-state index in [4.69, 9.17) is 9.97 Å². The van der Waals surface area contributed by atoms with Crippen molar-refractivity contribution in [1.29, 1.82) is 0 Å². The number of para-hydroxylation sites is 1. The fourth-order valence-corrected chi connectivity index (χ4v) is 5.23. The van der Waals surface area contributed by atoms with Crippen LogP contribution in [-0.4, -0.2) is 19.5 Å². The van der Waals surface area contributed by atoms with E-state index < -0.39 is 0 Å². The van der Waals surface area contributed by atoms with Gasteiger partial charge in [0, 0.05) is 29.1 Å². The molecule has 5 rings (SSSR count). The van der Waals surface area contributed by atoms with Crippen molar-refractivity contribution < 1.29 is 0 Å². The topological polar surface area (TPSA) is 60.7 Å². The summed E-state index contributed by atoms with van der Waals surface area (Å²) < 4.78 is 1.73. The van der Waals surface area contributed by atoms with E-state index in [0.29, 0.717) is 28.4 Å². The Morgan fingerprint density at radius 1 is 1.00 bits per heavy atom. The highest BCUT2D eigenvalue weighted by Crippen LogP contribution is 2.28. The second-order valence-corrected chi connectivity index (χ2v) is 9.26. The standard InChI is InChI=1S/C25H20N4OS2/c1-17-8-10-19(11-9-17)23-27-20(15-31-23)16-32-25-28-22-7-3-2-6-21(22)24(30)29(25)14-18-5-4-12-26-13-18/h2-13,15H,14,16H2,1H3. The van der Waals surface area contributed by atoms with Gasteiger partial charge in [-0.1, -0.05) is 59.8 Å². The summed E-state index contributed by atoms with van der Waals surface area (Å²) in [4.78, 5) is 27.0. The quantitative estimate of drug-likeness (QED) is 0.247. The van der Waals surface area contributed by atoms with Crippen molar-refractivity contribution in [2.24, 2.45) is 0 Å². The van der Waals surface area contributed by atoms with Crippen LogP contribution in [0.15, 0.2) is 88.4 Å². The van der Waals surface area contributed by atoms with Crippen molar-refractivity contribution in [2.75, 3.05) is 0 Å². The van der Waals surface area contributed by atoms with Crippen LogP contribution >= 0.6 is 23.1 Å². The molecule has 5 aromatic rings. The lowest BCUT2D eigenvalue weighted by atomic mass is 10.2. The fourth-order valence-electron chi connectivity index (χ4n) is 3.41. The van der Waals surface area contributed by atoms with Gasteiger partial charge in [-0.05, 0) is 30.7 Å². The molecule has 3 heterocycles. The number of aryl methyl sites for hydroxylation is 1. The van der Waals surface area contributed by atoms with Gasteiger partial charge in [0.2, 0.25) is 0 Å². The molecule has 32 heavy (non-hydrogen) atoms. The minimum Gasteiger partial charge on any atom is -0.283 e. The molecule has 0 saturated heterocycles. The smallest absolute Gasteiger partial charge is 0.262 e. The van der Waals surface area contributed by atoms with Gasteiger partial charge in [-0.15, -0.1) is 11.3 Å². The SMILES string of the molecule is Cc1ccc(-c2nc(CSc3nc4ccccc4c(=O)n3Cc3cccnc3)cs2)cc1. The molecule has 0 atom stereocenters. The van der Waals surface area contributed by atoms with Crippen molar-refractivity contribution in [2.45, 2.75) is 24.4 Å². The number of hydrogen-bond donors (Lipinski definition) is 0. The van der Waals surface area contributed by atoms with E-state index >= 15 is 0 Å². The monoisotopic (exact) mass is 456 g/mol. The maximum Gasteiger partial charge on any atom is 0.262 e. The summed E-state index contributed by atoms with van der Waals surface area (Å²) in [5.74, 6) is 0.639. The van der Waals surface area contributed by atoms with Crippen LogP contribution in [0.1, 0.15) is 16.8 Å². The number of thiazole rings is 1. The predicted octanol–water partition coefficient (Wildman–Crippen LogP) is 5.56. The molecule has 0 aliphatic rings. The van der Waals surface area contributed by atoms with Gasteiger partial charge in [0.15, 0.2) is 5.16 Å². The number of nitrogens with zero attached hydrogens (tertiary/aromatic N) is 4. The molecule has 0 saturated carbocycles. The summed E-state index contributed by atoms with van der Waals surface area (Å²) >= 11 is 3.17. The molecule has 0 amide bonds. The zero-order valence-electron chi connectivity index (χ0n) is 17.4. The Morgan fingerprint density at radius 3 is 2.66 bits per heavy atom. The number of hydrogen-bond acceptors (Lipinski definition) is 6. The number of thioether (sulfide) groups is 1. The van der Waals surface area contributed by atoms with Gasteiger partial charge in [-0.25, -0.2) is 9.97 Å². The van der Waals surface area contributed by atoms with Crippen molar-refractivity contribution in [3.8, 4) is 10.6 Å². The van der Waals surface area contributed by atoms with Crippen LogP contribution in [0.3, 0.4) is 0 Å². The zero-order valence-corrected chi connectivity index (χ0v) is 19.1. The maximum atomic E-state index is 13.3. The lowest BCUT2D eigenvalue weighted by molar-refractivity contribution is 0.656. The highest BCUT2D eigenvalue weighted by atomic mass is 32.2. The average molecular weight is 457 g/mol. The summed E-state index contributed by atoms with van der Waals surface area (Å²) in [6.07, 6.45) is 3.51. The first-order chi connectivity index (χ1) is 15.7. The molecule has 0 fully saturated rings. The number of pyridine rings is 1. The molecule has 5 nitrogen and oxygen atoms in total. The third kappa shape index (κ3) is 4.35. The first-order valence-corrected chi connectivity index (χ1v) is 12.1. The molecule has 3 aromatic heterocycles. The van der Waals surface area contributed by atoms with Gasteiger partial charge in [0.25, 0.3) is 5.56 Å². The Labute approximate surface area is 193 Å². The van der Waals surface area contributed by atoms with E-state index in [2.05, 4.69) is 41.6 Å². The van der Waals surface area contributed by atoms with Crippen molar-refractivity contribution >= 4 is 34.0 Å². The summed E-state index contributed by atoms with van der Waals surface area (Å²) in [5.41, 5.74) is 4.96. The molecule has 0 N–H and O–H groups in total. The Kier molecular flexibility index (Phi) is 5.83. The van der Waals surface area contributed by atoms with Crippen molar-refractivity contribution in [3.63, 3.8) is 0 Å². The van der Waals surface area contributed by atoms with Gasteiger partial charge in [0.05, 0.1) is 23.1 Å². The van der Waals surface area contributed by atoms with Gasteiger partial charge < -0.3 is 0 Å². The number of aromatic nitrogens is 4. The van der Waals surface area contributed by atoms with Crippen LogP contribution in [-0.2, 0) is 12.3 Å². The Balaban J connectivity index is 1.45. The largest absolute Gasteiger partial charge is 0.283 e. The third-order valence-corrected chi connectivity index (χ3v) is 7.04. The minimum atomic E-state index is -0.0411. The summed E-state index contributed by atoms with van der Waals surface area (Å²) in [5, 5.41) is 4.38. The van der Waals surface area contributed by atoms with Crippen LogP contribution in [0.2, 0.25) is 0 Å². The molecule has 0 aliphatic heterocycles. The highest BCUT2D eigenvalue weighted by Gasteiger charge is 2.13. The summed E-state index contributed by atoms with van der Waals surface area (Å²) in [6.45, 7) is 2.51. The molecule has 0 spiro atoms. The van der Waals surface area contributed by atoms with E-state index in [1.54, 1.807) is 28.3 Å². The van der Waals surface area contributed by atoms with Gasteiger partial charge in [0.1, 0.15) is 5.01 Å². The van der Waals surface area contributed by atoms with Crippen LogP contribution in [0.25, 0.3) is 21.5 Å². The van der Waals surface area contributed by atoms with Crippen LogP contribution in [0.4, 0.5) is 0 Å². The lowest BCUT2D eigenvalue weighted by Gasteiger charge is -2.12. The number of fused-ring (bicyclic) bond motifs is 1. The van der Waals surface area contributed by atoms with Crippen LogP contribution < -0.4 is 5.56 Å². The van der Waals surface area contributed by atoms with Crippen LogP contribution in [0.5, 0.6) is 0 Å². The minimum absolute atomic E-state index is 0.0411. The zero-order chi connectivity index (χ0) is 21.9. The molecule has 0 radical (unpaired) electrons. The third-order valence-electron chi connectivity index (χ3n) is 5.09. The molecule has 2 aromatic carbocycles. The molecule has 158 valence electrons. The lowest BCUT2D eigenvalue weighted by Crippen LogP contribution is -2.24. The molecule has 0 unspecified atom stereocenters. The first-order valence-electron chi connectivity index (χ1n) is 10.2. The fraction of sp³-hybridized carbons (Fsp3) is 0.120. The molecular formula is C25H20N4OS2. The second-order valence-electron chi connectivity index (χ2n) is 7.46. The Bertz CT molecular complexity index is 1430. The summed E-state index contributed by atoms with van der Waals surface area (Å²) in [6, 6.07) is 19.7. The predicted molar refractivity (Wildman–Crippen MR) is 131 cm³/mol.